The van der Waals surface area contributed by atoms with Gasteiger partial charge in [-0.1, -0.05) is 23.7 Å². The number of nitrogens with one attached hydrogen (secondary N) is 1. The molecule has 2 nitrogen and oxygen atoms in total. The molecule has 3 heteroatoms. The normalized spacial score (nSPS) is 11.2. The van der Waals surface area contributed by atoms with E-state index < -0.39 is 0 Å². The third kappa shape index (κ3) is 2.13. The molecule has 0 amide bonds. The number of nitrogens with zero attached hydrogens (tertiary/aromatic N) is 1. The molecule has 0 aliphatic carbocycles. The van der Waals surface area contributed by atoms with Crippen LogP contribution in [0.5, 0.6) is 0 Å². The van der Waals surface area contributed by atoms with Gasteiger partial charge in [-0.15, -0.1) is 0 Å². The van der Waals surface area contributed by atoms with Crippen molar-refractivity contribution in [3.8, 4) is 11.4 Å². The van der Waals surface area contributed by atoms with Crippen LogP contribution in [-0.2, 0) is 0 Å². The molecule has 1 aromatic heterocycles. The first-order valence-electron chi connectivity index (χ1n) is 6.28. The van der Waals surface area contributed by atoms with E-state index in [4.69, 9.17) is 16.6 Å². The van der Waals surface area contributed by atoms with Gasteiger partial charge in [0.25, 0.3) is 0 Å². The molecule has 0 fully saturated rings. The van der Waals surface area contributed by atoms with E-state index in [2.05, 4.69) is 37.9 Å². The highest BCUT2D eigenvalue weighted by Gasteiger charge is 2.10. The summed E-state index contributed by atoms with van der Waals surface area (Å²) < 4.78 is 0. The average molecular weight is 271 g/mol. The van der Waals surface area contributed by atoms with Gasteiger partial charge in [0.15, 0.2) is 0 Å². The van der Waals surface area contributed by atoms with Crippen molar-refractivity contribution < 1.29 is 0 Å². The molecule has 0 aliphatic heterocycles. The number of aryl methyl sites for hydroxylation is 3. The lowest BCUT2D eigenvalue weighted by Gasteiger charge is -2.02. The molecule has 0 spiro atoms. The van der Waals surface area contributed by atoms with Gasteiger partial charge in [-0.05, 0) is 55.7 Å². The topological polar surface area (TPSA) is 28.7 Å². The van der Waals surface area contributed by atoms with Gasteiger partial charge in [-0.3, -0.25) is 0 Å². The first-order valence-corrected chi connectivity index (χ1v) is 6.66. The minimum atomic E-state index is 0.731. The van der Waals surface area contributed by atoms with Crippen LogP contribution in [0.4, 0.5) is 0 Å². The summed E-state index contributed by atoms with van der Waals surface area (Å²) in [5, 5.41) is 0.731. The van der Waals surface area contributed by atoms with Gasteiger partial charge in [0, 0.05) is 10.6 Å². The molecule has 0 bridgehead atoms. The van der Waals surface area contributed by atoms with Gasteiger partial charge in [0.2, 0.25) is 0 Å². The largest absolute Gasteiger partial charge is 0.338 e. The zero-order valence-corrected chi connectivity index (χ0v) is 12.0. The van der Waals surface area contributed by atoms with E-state index in [1.165, 1.54) is 11.1 Å². The predicted molar refractivity (Wildman–Crippen MR) is 80.8 cm³/mol. The van der Waals surface area contributed by atoms with Gasteiger partial charge in [0.05, 0.1) is 11.0 Å². The molecular weight excluding hydrogens is 256 g/mol. The van der Waals surface area contributed by atoms with Crippen molar-refractivity contribution in [2.24, 2.45) is 0 Å². The molecule has 0 unspecified atom stereocenters. The maximum Gasteiger partial charge on any atom is 0.138 e. The standard InChI is InChI=1S/C16H15ClN2/c1-9-6-11(3)15-14(7-9)18-16(19-15)13-8-12(17)5-4-10(13)2/h4-8H,1-3H3,(H,18,19). The van der Waals surface area contributed by atoms with Gasteiger partial charge >= 0.3 is 0 Å². The van der Waals surface area contributed by atoms with E-state index in [0.717, 1.165) is 33.0 Å². The first-order chi connectivity index (χ1) is 9.04. The number of H-pyrrole nitrogens is 1. The lowest BCUT2D eigenvalue weighted by Crippen LogP contribution is -1.85. The van der Waals surface area contributed by atoms with E-state index in [1.807, 2.05) is 18.2 Å². The monoisotopic (exact) mass is 270 g/mol. The Labute approximate surface area is 117 Å². The predicted octanol–water partition coefficient (Wildman–Crippen LogP) is 4.81. The van der Waals surface area contributed by atoms with Crippen molar-refractivity contribution in [1.82, 2.24) is 9.97 Å². The molecule has 1 heterocycles. The summed E-state index contributed by atoms with van der Waals surface area (Å²) >= 11 is 6.08. The van der Waals surface area contributed by atoms with Gasteiger partial charge in [0.1, 0.15) is 5.82 Å². The van der Waals surface area contributed by atoms with Gasteiger partial charge in [-0.2, -0.15) is 0 Å². The maximum atomic E-state index is 6.08. The minimum Gasteiger partial charge on any atom is -0.338 e. The summed E-state index contributed by atoms with van der Waals surface area (Å²) in [6.45, 7) is 6.25. The van der Waals surface area contributed by atoms with Crippen LogP contribution in [-0.4, -0.2) is 9.97 Å². The molecule has 0 radical (unpaired) electrons. The summed E-state index contributed by atoms with van der Waals surface area (Å²) in [4.78, 5) is 8.10. The summed E-state index contributed by atoms with van der Waals surface area (Å²) in [6, 6.07) is 10.1. The quantitative estimate of drug-likeness (QED) is 0.675. The Kier molecular flexibility index (Phi) is 2.83. The van der Waals surface area contributed by atoms with Crippen LogP contribution >= 0.6 is 11.6 Å². The van der Waals surface area contributed by atoms with Crippen LogP contribution < -0.4 is 0 Å². The Morgan fingerprint density at radius 2 is 1.79 bits per heavy atom. The van der Waals surface area contributed by atoms with E-state index >= 15 is 0 Å². The molecule has 0 atom stereocenters. The van der Waals surface area contributed by atoms with Crippen molar-refractivity contribution in [1.29, 1.82) is 0 Å². The fourth-order valence-electron chi connectivity index (χ4n) is 2.45. The number of hydrogen-bond acceptors (Lipinski definition) is 1. The highest BCUT2D eigenvalue weighted by atomic mass is 35.5. The molecule has 1 N–H and O–H groups in total. The van der Waals surface area contributed by atoms with Crippen LogP contribution in [0.2, 0.25) is 5.02 Å². The van der Waals surface area contributed by atoms with Crippen LogP contribution in [0.15, 0.2) is 30.3 Å². The molecule has 0 aliphatic rings. The van der Waals surface area contributed by atoms with E-state index in [9.17, 15) is 0 Å². The average Bonchev–Trinajstić information content (AvgIpc) is 2.76. The molecule has 2 aromatic carbocycles. The lowest BCUT2D eigenvalue weighted by molar-refractivity contribution is 1.30. The second kappa shape index (κ2) is 4.39. The number of imidazole rings is 1. The zero-order chi connectivity index (χ0) is 13.6. The number of aromatic amines is 1. The van der Waals surface area contributed by atoms with Crippen LogP contribution in [0.3, 0.4) is 0 Å². The summed E-state index contributed by atoms with van der Waals surface area (Å²) in [5.74, 6) is 0.878. The van der Waals surface area contributed by atoms with Gasteiger partial charge < -0.3 is 4.98 Å². The smallest absolute Gasteiger partial charge is 0.138 e. The third-order valence-corrected chi connectivity index (χ3v) is 3.61. The molecule has 3 rings (SSSR count). The Morgan fingerprint density at radius 1 is 1.00 bits per heavy atom. The fraction of sp³-hybridized carbons (Fsp3) is 0.188. The second-order valence-corrected chi connectivity index (χ2v) is 5.46. The number of rotatable bonds is 1. The van der Waals surface area contributed by atoms with Gasteiger partial charge in [-0.25, -0.2) is 4.98 Å². The number of benzene rings is 2. The number of aromatic nitrogens is 2. The first kappa shape index (κ1) is 12.2. The molecule has 0 saturated carbocycles. The van der Waals surface area contributed by atoms with E-state index in [1.54, 1.807) is 0 Å². The number of fused-ring (bicyclic) bond motifs is 1. The third-order valence-electron chi connectivity index (χ3n) is 3.38. The van der Waals surface area contributed by atoms with Crippen molar-refractivity contribution in [3.05, 3.63) is 52.0 Å². The van der Waals surface area contributed by atoms with Crippen LogP contribution in [0.25, 0.3) is 22.4 Å². The summed E-state index contributed by atoms with van der Waals surface area (Å²) in [5.41, 5.74) is 6.76. The van der Waals surface area contributed by atoms with Crippen molar-refractivity contribution in [3.63, 3.8) is 0 Å². The Bertz CT molecular complexity index is 772. The Morgan fingerprint density at radius 3 is 2.58 bits per heavy atom. The Balaban J connectivity index is 2.26. The van der Waals surface area contributed by atoms with E-state index in [0.29, 0.717) is 0 Å². The fourth-order valence-corrected chi connectivity index (χ4v) is 2.62. The molecule has 3 aromatic rings. The highest BCUT2D eigenvalue weighted by molar-refractivity contribution is 6.30. The van der Waals surface area contributed by atoms with Crippen molar-refractivity contribution in [2.75, 3.05) is 0 Å². The number of hydrogen-bond donors (Lipinski definition) is 1. The Hall–Kier alpha value is -1.80. The highest BCUT2D eigenvalue weighted by Crippen LogP contribution is 2.28. The minimum absolute atomic E-state index is 0.731. The van der Waals surface area contributed by atoms with Crippen LogP contribution in [0.1, 0.15) is 16.7 Å². The maximum absolute atomic E-state index is 6.08. The second-order valence-electron chi connectivity index (χ2n) is 5.02. The molecule has 0 saturated heterocycles. The van der Waals surface area contributed by atoms with E-state index in [-0.39, 0.29) is 0 Å². The molecule has 19 heavy (non-hydrogen) atoms. The van der Waals surface area contributed by atoms with Crippen molar-refractivity contribution >= 4 is 22.6 Å². The lowest BCUT2D eigenvalue weighted by atomic mass is 10.1. The van der Waals surface area contributed by atoms with Crippen molar-refractivity contribution in [2.45, 2.75) is 20.8 Å². The number of halogens is 1. The molecular formula is C16H15ClN2. The van der Waals surface area contributed by atoms with Crippen LogP contribution in [0, 0.1) is 20.8 Å². The molecule has 96 valence electrons. The SMILES string of the molecule is Cc1cc(C)c2nc(-c3cc(Cl)ccc3C)[nH]c2c1. The zero-order valence-electron chi connectivity index (χ0n) is 11.2. The summed E-state index contributed by atoms with van der Waals surface area (Å²) in [7, 11) is 0. The summed E-state index contributed by atoms with van der Waals surface area (Å²) in [6.07, 6.45) is 0.